The van der Waals surface area contributed by atoms with Gasteiger partial charge in [-0.15, -0.1) is 0 Å². The van der Waals surface area contributed by atoms with E-state index in [1.807, 2.05) is 24.3 Å². The minimum Gasteiger partial charge on any atom is -0.410 e. The zero-order valence-electron chi connectivity index (χ0n) is 16.9. The van der Waals surface area contributed by atoms with E-state index in [-0.39, 0.29) is 6.04 Å². The summed E-state index contributed by atoms with van der Waals surface area (Å²) in [7, 11) is 0. The summed E-state index contributed by atoms with van der Waals surface area (Å²) in [6, 6.07) is 23.7. The van der Waals surface area contributed by atoms with E-state index < -0.39 is 6.09 Å². The topological polar surface area (TPSA) is 58.8 Å². The molecular formula is C24H23Cl2N3O2. The molecule has 0 radical (unpaired) electrons. The summed E-state index contributed by atoms with van der Waals surface area (Å²) in [6.07, 6.45) is -0.864. The molecule has 0 spiro atoms. The van der Waals surface area contributed by atoms with E-state index in [0.29, 0.717) is 15.8 Å². The van der Waals surface area contributed by atoms with Crippen LogP contribution in [-0.2, 0) is 6.54 Å². The number of carbonyl (C=O) groups is 1. The van der Waals surface area contributed by atoms with Crippen LogP contribution in [0.3, 0.4) is 0 Å². The fourth-order valence-corrected chi connectivity index (χ4v) is 4.39. The van der Waals surface area contributed by atoms with Crippen LogP contribution < -0.4 is 15.4 Å². The molecule has 1 fully saturated rings. The van der Waals surface area contributed by atoms with E-state index >= 15 is 0 Å². The second-order valence-corrected chi connectivity index (χ2v) is 8.36. The number of hydrogen-bond donors (Lipinski definition) is 1. The number of piperazine rings is 1. The van der Waals surface area contributed by atoms with Crippen LogP contribution >= 0.6 is 23.2 Å². The second-order valence-electron chi connectivity index (χ2n) is 7.52. The normalized spacial score (nSPS) is 16.8. The average molecular weight is 456 g/mol. The van der Waals surface area contributed by atoms with E-state index in [2.05, 4.69) is 46.2 Å². The molecule has 0 aromatic heterocycles. The maximum Gasteiger partial charge on any atom is 0.409 e. The second kappa shape index (κ2) is 9.60. The Bertz CT molecular complexity index is 1040. The largest absolute Gasteiger partial charge is 0.410 e. The van der Waals surface area contributed by atoms with Gasteiger partial charge in [-0.25, -0.2) is 4.79 Å². The number of hydrogen-bond acceptors (Lipinski definition) is 4. The van der Waals surface area contributed by atoms with Gasteiger partial charge in [-0.05, 0) is 35.4 Å². The molecule has 4 rings (SSSR count). The summed E-state index contributed by atoms with van der Waals surface area (Å²) in [6.45, 7) is 3.43. The minimum absolute atomic E-state index is 0.0927. The van der Waals surface area contributed by atoms with Crippen LogP contribution in [0.25, 0.3) is 0 Å². The van der Waals surface area contributed by atoms with Gasteiger partial charge in [0, 0.05) is 37.3 Å². The van der Waals surface area contributed by atoms with Crippen molar-refractivity contribution in [2.45, 2.75) is 12.6 Å². The third-order valence-electron chi connectivity index (χ3n) is 5.42. The lowest BCUT2D eigenvalue weighted by atomic mass is 10.0. The van der Waals surface area contributed by atoms with E-state index in [0.717, 1.165) is 37.4 Å². The van der Waals surface area contributed by atoms with Crippen LogP contribution in [0, 0.1) is 0 Å². The highest BCUT2D eigenvalue weighted by atomic mass is 35.5. The predicted octanol–water partition coefficient (Wildman–Crippen LogP) is 5.51. The third-order valence-corrected chi connectivity index (χ3v) is 5.97. The van der Waals surface area contributed by atoms with Gasteiger partial charge in [-0.2, -0.15) is 0 Å². The molecule has 1 heterocycles. The molecule has 5 nitrogen and oxygen atoms in total. The van der Waals surface area contributed by atoms with E-state index in [9.17, 15) is 4.79 Å². The van der Waals surface area contributed by atoms with Crippen molar-refractivity contribution in [1.82, 2.24) is 4.90 Å². The van der Waals surface area contributed by atoms with Gasteiger partial charge in [0.05, 0.1) is 16.8 Å². The quantitative estimate of drug-likeness (QED) is 0.550. The number of carbonyl (C=O) groups excluding carboxylic acids is 1. The van der Waals surface area contributed by atoms with Crippen molar-refractivity contribution in [2.24, 2.45) is 5.73 Å². The van der Waals surface area contributed by atoms with E-state index in [1.54, 1.807) is 12.1 Å². The molecule has 1 saturated heterocycles. The molecule has 160 valence electrons. The highest BCUT2D eigenvalue weighted by Gasteiger charge is 2.30. The summed E-state index contributed by atoms with van der Waals surface area (Å²) in [5.74, 6) is 0.326. The summed E-state index contributed by atoms with van der Waals surface area (Å²) in [4.78, 5) is 15.8. The van der Waals surface area contributed by atoms with Crippen molar-refractivity contribution >= 4 is 35.0 Å². The third kappa shape index (κ3) is 5.31. The van der Waals surface area contributed by atoms with Crippen LogP contribution in [0.5, 0.6) is 5.75 Å². The Morgan fingerprint density at radius 3 is 2.42 bits per heavy atom. The summed E-state index contributed by atoms with van der Waals surface area (Å²) in [5.41, 5.74) is 8.45. The molecule has 7 heteroatoms. The van der Waals surface area contributed by atoms with Crippen LogP contribution in [-0.4, -0.2) is 30.6 Å². The number of ether oxygens (including phenoxy) is 1. The fraction of sp³-hybridized carbons (Fsp3) is 0.208. The van der Waals surface area contributed by atoms with Crippen molar-refractivity contribution in [3.63, 3.8) is 0 Å². The molecule has 2 N–H and O–H groups in total. The molecule has 1 aliphatic rings. The number of amides is 1. The first-order valence-corrected chi connectivity index (χ1v) is 10.8. The molecule has 1 aliphatic heterocycles. The summed E-state index contributed by atoms with van der Waals surface area (Å²) >= 11 is 12.7. The Morgan fingerprint density at radius 2 is 1.74 bits per heavy atom. The summed E-state index contributed by atoms with van der Waals surface area (Å²) < 4.78 is 4.96. The van der Waals surface area contributed by atoms with E-state index in [1.165, 1.54) is 5.56 Å². The Balaban J connectivity index is 1.61. The first-order chi connectivity index (χ1) is 15.0. The van der Waals surface area contributed by atoms with Gasteiger partial charge in [-0.3, -0.25) is 4.90 Å². The number of benzene rings is 3. The van der Waals surface area contributed by atoms with Gasteiger partial charge in [0.25, 0.3) is 0 Å². The van der Waals surface area contributed by atoms with Crippen molar-refractivity contribution in [3.05, 3.63) is 94.0 Å². The van der Waals surface area contributed by atoms with Gasteiger partial charge < -0.3 is 15.4 Å². The van der Waals surface area contributed by atoms with Gasteiger partial charge in [0.15, 0.2) is 0 Å². The lowest BCUT2D eigenvalue weighted by Gasteiger charge is -2.43. The molecule has 0 saturated carbocycles. The Kier molecular flexibility index (Phi) is 6.66. The van der Waals surface area contributed by atoms with Gasteiger partial charge in [0.1, 0.15) is 5.75 Å². The number of nitrogens with zero attached hydrogens (tertiary/aromatic N) is 2. The number of anilines is 1. The number of rotatable bonds is 5. The summed E-state index contributed by atoms with van der Waals surface area (Å²) in [5, 5.41) is 1.22. The highest BCUT2D eigenvalue weighted by Crippen LogP contribution is 2.37. The SMILES string of the molecule is NC(=O)Oc1ccc(N2CCN(Cc3ccccc3)C[C@H]2c2ccc(Cl)cc2)c(Cl)c1. The van der Waals surface area contributed by atoms with Gasteiger partial charge >= 0.3 is 6.09 Å². The number of primary amides is 1. The molecule has 31 heavy (non-hydrogen) atoms. The maximum absolute atomic E-state index is 11.0. The lowest BCUT2D eigenvalue weighted by molar-refractivity contribution is 0.210. The predicted molar refractivity (Wildman–Crippen MR) is 125 cm³/mol. The Morgan fingerprint density at radius 1 is 1.00 bits per heavy atom. The first-order valence-electron chi connectivity index (χ1n) is 10.0. The molecular weight excluding hydrogens is 433 g/mol. The zero-order valence-corrected chi connectivity index (χ0v) is 18.4. The van der Waals surface area contributed by atoms with Crippen molar-refractivity contribution < 1.29 is 9.53 Å². The van der Waals surface area contributed by atoms with Crippen molar-refractivity contribution in [1.29, 1.82) is 0 Å². The molecule has 3 aromatic carbocycles. The molecule has 0 bridgehead atoms. The first kappa shape index (κ1) is 21.5. The van der Waals surface area contributed by atoms with Gasteiger partial charge in [-0.1, -0.05) is 65.7 Å². The minimum atomic E-state index is -0.864. The monoisotopic (exact) mass is 455 g/mol. The van der Waals surface area contributed by atoms with Crippen LogP contribution in [0.15, 0.2) is 72.8 Å². The smallest absolute Gasteiger partial charge is 0.409 e. The molecule has 0 aliphatic carbocycles. The molecule has 0 unspecified atom stereocenters. The number of halogens is 2. The van der Waals surface area contributed by atoms with Crippen molar-refractivity contribution in [3.8, 4) is 5.75 Å². The standard InChI is InChI=1S/C24H23Cl2N3O2/c25-19-8-6-18(7-9-19)23-16-28(15-17-4-2-1-3-5-17)12-13-29(23)22-11-10-20(14-21(22)26)31-24(27)30/h1-11,14,23H,12-13,15-16H2,(H2,27,30)/t23-/m0/s1. The van der Waals surface area contributed by atoms with Crippen LogP contribution in [0.1, 0.15) is 17.2 Å². The van der Waals surface area contributed by atoms with Crippen LogP contribution in [0.4, 0.5) is 10.5 Å². The molecule has 1 atom stereocenters. The molecule has 3 aromatic rings. The fourth-order valence-electron chi connectivity index (χ4n) is 3.98. The maximum atomic E-state index is 11.0. The highest BCUT2D eigenvalue weighted by molar-refractivity contribution is 6.33. The Labute approximate surface area is 191 Å². The van der Waals surface area contributed by atoms with E-state index in [4.69, 9.17) is 33.7 Å². The van der Waals surface area contributed by atoms with Crippen molar-refractivity contribution in [2.75, 3.05) is 24.5 Å². The number of nitrogens with two attached hydrogens (primary N) is 1. The zero-order chi connectivity index (χ0) is 21.8. The molecule has 1 amide bonds. The lowest BCUT2D eigenvalue weighted by Crippen LogP contribution is -2.48. The average Bonchev–Trinajstić information content (AvgIpc) is 2.75. The van der Waals surface area contributed by atoms with Gasteiger partial charge in [0.2, 0.25) is 0 Å². The van der Waals surface area contributed by atoms with Crippen LogP contribution in [0.2, 0.25) is 10.0 Å². The Hall–Kier alpha value is -2.73.